The Hall–Kier alpha value is -2.60. The second kappa shape index (κ2) is 7.33. The van der Waals surface area contributed by atoms with Crippen molar-refractivity contribution >= 4 is 33.3 Å². The highest BCUT2D eigenvalue weighted by atomic mass is 32.1. The molecule has 2 aromatic heterocycles. The van der Waals surface area contributed by atoms with Gasteiger partial charge in [0.05, 0.1) is 12.2 Å². The Morgan fingerprint density at radius 2 is 1.96 bits per heavy atom. The van der Waals surface area contributed by atoms with Gasteiger partial charge in [0.1, 0.15) is 6.61 Å². The number of furan rings is 1. The summed E-state index contributed by atoms with van der Waals surface area (Å²) in [5.74, 6) is -0.104. The largest absolute Gasteiger partial charge is 0.461 e. The first-order valence-electron chi connectivity index (χ1n) is 8.67. The van der Waals surface area contributed by atoms with E-state index in [-0.39, 0.29) is 17.8 Å². The van der Waals surface area contributed by atoms with Gasteiger partial charge in [-0.15, -0.1) is 11.3 Å². The molecule has 134 valence electrons. The SMILES string of the molecule is O=C(OCc1csc2ccccc12)C1CCN(C(=O)c2ccco2)CC1. The maximum absolute atomic E-state index is 12.4. The maximum atomic E-state index is 12.4. The minimum Gasteiger partial charge on any atom is -0.461 e. The number of rotatable bonds is 4. The first-order valence-corrected chi connectivity index (χ1v) is 9.55. The third-order valence-corrected chi connectivity index (χ3v) is 5.79. The smallest absolute Gasteiger partial charge is 0.309 e. The molecule has 6 heteroatoms. The molecular formula is C20H19NO4S. The number of ether oxygens (including phenoxy) is 1. The van der Waals surface area contributed by atoms with Crippen molar-refractivity contribution in [3.63, 3.8) is 0 Å². The van der Waals surface area contributed by atoms with Gasteiger partial charge in [0.25, 0.3) is 5.91 Å². The topological polar surface area (TPSA) is 59.8 Å². The molecule has 0 bridgehead atoms. The van der Waals surface area contributed by atoms with Crippen LogP contribution in [0.4, 0.5) is 0 Å². The maximum Gasteiger partial charge on any atom is 0.309 e. The summed E-state index contributed by atoms with van der Waals surface area (Å²) in [5, 5.41) is 3.19. The molecule has 0 N–H and O–H groups in total. The Bertz CT molecular complexity index is 907. The van der Waals surface area contributed by atoms with Crippen LogP contribution in [0.1, 0.15) is 29.0 Å². The molecular weight excluding hydrogens is 350 g/mol. The number of carbonyl (C=O) groups excluding carboxylic acids is 2. The van der Waals surface area contributed by atoms with Crippen molar-refractivity contribution in [3.05, 3.63) is 59.4 Å². The van der Waals surface area contributed by atoms with Crippen LogP contribution >= 0.6 is 11.3 Å². The number of amides is 1. The second-order valence-corrected chi connectivity index (χ2v) is 7.32. The highest BCUT2D eigenvalue weighted by Gasteiger charge is 2.29. The third-order valence-electron chi connectivity index (χ3n) is 4.78. The minimum absolute atomic E-state index is 0.119. The van der Waals surface area contributed by atoms with Crippen molar-refractivity contribution in [2.24, 2.45) is 5.92 Å². The molecule has 1 saturated heterocycles. The number of hydrogen-bond donors (Lipinski definition) is 0. The van der Waals surface area contributed by atoms with Gasteiger partial charge >= 0.3 is 5.97 Å². The van der Waals surface area contributed by atoms with E-state index in [0.29, 0.717) is 38.3 Å². The van der Waals surface area contributed by atoms with Crippen LogP contribution in [0.15, 0.2) is 52.5 Å². The van der Waals surface area contributed by atoms with Crippen LogP contribution in [-0.4, -0.2) is 29.9 Å². The Morgan fingerprint density at radius 3 is 2.73 bits per heavy atom. The molecule has 0 unspecified atom stereocenters. The summed E-state index contributed by atoms with van der Waals surface area (Å²) >= 11 is 1.66. The number of nitrogens with zero attached hydrogens (tertiary/aromatic N) is 1. The zero-order chi connectivity index (χ0) is 17.9. The Balaban J connectivity index is 1.30. The predicted molar refractivity (Wildman–Crippen MR) is 99.0 cm³/mol. The fourth-order valence-electron chi connectivity index (χ4n) is 3.29. The first kappa shape index (κ1) is 16.8. The van der Waals surface area contributed by atoms with Crippen molar-refractivity contribution in [1.82, 2.24) is 4.90 Å². The van der Waals surface area contributed by atoms with Crippen LogP contribution in [0.2, 0.25) is 0 Å². The quantitative estimate of drug-likeness (QED) is 0.650. The molecule has 4 rings (SSSR count). The number of carbonyl (C=O) groups is 2. The first-order chi connectivity index (χ1) is 12.7. The van der Waals surface area contributed by atoms with Crippen LogP contribution in [0, 0.1) is 5.92 Å². The monoisotopic (exact) mass is 369 g/mol. The van der Waals surface area contributed by atoms with E-state index < -0.39 is 0 Å². The van der Waals surface area contributed by atoms with Gasteiger partial charge < -0.3 is 14.1 Å². The molecule has 1 aliphatic rings. The van der Waals surface area contributed by atoms with E-state index in [4.69, 9.17) is 9.15 Å². The molecule has 26 heavy (non-hydrogen) atoms. The summed E-state index contributed by atoms with van der Waals surface area (Å²) in [4.78, 5) is 26.4. The molecule has 0 radical (unpaired) electrons. The lowest BCUT2D eigenvalue weighted by Gasteiger charge is -2.30. The summed E-state index contributed by atoms with van der Waals surface area (Å²) < 4.78 is 11.9. The van der Waals surface area contributed by atoms with Crippen molar-refractivity contribution in [2.75, 3.05) is 13.1 Å². The zero-order valence-corrected chi connectivity index (χ0v) is 15.0. The van der Waals surface area contributed by atoms with Crippen LogP contribution in [0.5, 0.6) is 0 Å². The number of benzene rings is 1. The van der Waals surface area contributed by atoms with E-state index >= 15 is 0 Å². The van der Waals surface area contributed by atoms with Crippen LogP contribution < -0.4 is 0 Å². The molecule has 0 spiro atoms. The van der Waals surface area contributed by atoms with Gasteiger partial charge in [-0.05, 0) is 41.8 Å². The lowest BCUT2D eigenvalue weighted by atomic mass is 9.97. The van der Waals surface area contributed by atoms with E-state index in [9.17, 15) is 9.59 Å². The van der Waals surface area contributed by atoms with E-state index in [1.165, 1.54) is 11.0 Å². The summed E-state index contributed by atoms with van der Waals surface area (Å²) in [6.07, 6.45) is 2.73. The van der Waals surface area contributed by atoms with Gasteiger partial charge in [-0.2, -0.15) is 0 Å². The Kier molecular flexibility index (Phi) is 4.75. The Morgan fingerprint density at radius 1 is 1.15 bits per heavy atom. The molecule has 3 heterocycles. The number of likely N-dealkylation sites (tertiary alicyclic amines) is 1. The van der Waals surface area contributed by atoms with Crippen LogP contribution in [0.25, 0.3) is 10.1 Å². The Labute approximate surface area is 155 Å². The molecule has 1 aromatic carbocycles. The van der Waals surface area contributed by atoms with E-state index in [1.807, 2.05) is 23.6 Å². The van der Waals surface area contributed by atoms with Gasteiger partial charge in [-0.3, -0.25) is 9.59 Å². The highest BCUT2D eigenvalue weighted by molar-refractivity contribution is 7.17. The van der Waals surface area contributed by atoms with Gasteiger partial charge in [-0.25, -0.2) is 0 Å². The zero-order valence-electron chi connectivity index (χ0n) is 14.2. The fourth-order valence-corrected chi connectivity index (χ4v) is 4.23. The van der Waals surface area contributed by atoms with E-state index in [0.717, 1.165) is 10.9 Å². The molecule has 0 saturated carbocycles. The van der Waals surface area contributed by atoms with Crippen molar-refractivity contribution in [1.29, 1.82) is 0 Å². The van der Waals surface area contributed by atoms with Crippen molar-refractivity contribution < 1.29 is 18.7 Å². The van der Waals surface area contributed by atoms with Gasteiger partial charge in [0.2, 0.25) is 0 Å². The number of esters is 1. The normalized spacial score (nSPS) is 15.3. The molecule has 1 aliphatic heterocycles. The lowest BCUT2D eigenvalue weighted by Crippen LogP contribution is -2.40. The van der Waals surface area contributed by atoms with Gasteiger partial charge in [0.15, 0.2) is 5.76 Å². The van der Waals surface area contributed by atoms with Crippen molar-refractivity contribution in [2.45, 2.75) is 19.4 Å². The number of piperidine rings is 1. The molecule has 0 aliphatic carbocycles. The average molecular weight is 369 g/mol. The van der Waals surface area contributed by atoms with Gasteiger partial charge in [-0.1, -0.05) is 18.2 Å². The van der Waals surface area contributed by atoms with E-state index in [2.05, 4.69) is 6.07 Å². The molecule has 3 aromatic rings. The summed E-state index contributed by atoms with van der Waals surface area (Å²) in [7, 11) is 0. The number of fused-ring (bicyclic) bond motifs is 1. The molecule has 5 nitrogen and oxygen atoms in total. The van der Waals surface area contributed by atoms with Crippen LogP contribution in [-0.2, 0) is 16.1 Å². The van der Waals surface area contributed by atoms with Crippen molar-refractivity contribution in [3.8, 4) is 0 Å². The van der Waals surface area contributed by atoms with Gasteiger partial charge in [0, 0.05) is 23.4 Å². The predicted octanol–water partition coefficient (Wildman–Crippen LogP) is 4.09. The molecule has 0 atom stereocenters. The number of hydrogen-bond acceptors (Lipinski definition) is 5. The lowest BCUT2D eigenvalue weighted by molar-refractivity contribution is -0.151. The molecule has 1 amide bonds. The van der Waals surface area contributed by atoms with E-state index in [1.54, 1.807) is 28.4 Å². The highest BCUT2D eigenvalue weighted by Crippen LogP contribution is 2.27. The standard InChI is InChI=1S/C20H19NO4S/c22-19(17-5-3-11-24-17)21-9-7-14(8-10-21)20(23)25-12-15-13-26-18-6-2-1-4-16(15)18/h1-6,11,13-14H,7-10,12H2. The fraction of sp³-hybridized carbons (Fsp3) is 0.300. The second-order valence-electron chi connectivity index (χ2n) is 6.41. The third kappa shape index (κ3) is 3.37. The molecule has 1 fully saturated rings. The summed E-state index contributed by atoms with van der Waals surface area (Å²) in [6.45, 7) is 1.38. The number of thiophene rings is 1. The summed E-state index contributed by atoms with van der Waals surface area (Å²) in [5.41, 5.74) is 1.05. The average Bonchev–Trinajstić information content (AvgIpc) is 3.36. The minimum atomic E-state index is -0.176. The summed E-state index contributed by atoms with van der Waals surface area (Å²) in [6, 6.07) is 11.5. The van der Waals surface area contributed by atoms with Crippen LogP contribution in [0.3, 0.4) is 0 Å².